The second-order valence-electron chi connectivity index (χ2n) is 7.33. The van der Waals surface area contributed by atoms with Crippen LogP contribution in [0.2, 0.25) is 0 Å². The van der Waals surface area contributed by atoms with Gasteiger partial charge in [-0.05, 0) is 27.7 Å². The number of rotatable bonds is 5. The summed E-state index contributed by atoms with van der Waals surface area (Å²) >= 11 is 0. The number of nitrogen functional groups attached to an aromatic ring is 1. The van der Waals surface area contributed by atoms with E-state index in [0.717, 1.165) is 54.5 Å². The van der Waals surface area contributed by atoms with Crippen LogP contribution in [0, 0.1) is 20.8 Å². The number of nitrogens with zero attached hydrogens (tertiary/aromatic N) is 6. The highest BCUT2D eigenvalue weighted by Gasteiger charge is 2.22. The number of aromatic nitrogens is 4. The summed E-state index contributed by atoms with van der Waals surface area (Å²) < 4.78 is 11.3. The fourth-order valence-electron chi connectivity index (χ4n) is 3.59. The van der Waals surface area contributed by atoms with Crippen molar-refractivity contribution >= 4 is 22.9 Å². The normalized spacial score (nSPS) is 15.2. The minimum absolute atomic E-state index is 0.481. The van der Waals surface area contributed by atoms with Crippen molar-refractivity contribution in [2.45, 2.75) is 34.2 Å². The predicted octanol–water partition coefficient (Wildman–Crippen LogP) is 2.24. The van der Waals surface area contributed by atoms with Gasteiger partial charge in [0, 0.05) is 43.5 Å². The van der Waals surface area contributed by atoms with Crippen molar-refractivity contribution in [3.63, 3.8) is 0 Å². The monoisotopic (exact) mass is 397 g/mol. The van der Waals surface area contributed by atoms with E-state index in [1.165, 1.54) is 0 Å². The number of hydrogen-bond acceptors (Lipinski definition) is 9. The summed E-state index contributed by atoms with van der Waals surface area (Å²) in [5.41, 5.74) is 8.64. The first-order valence-corrected chi connectivity index (χ1v) is 9.92. The van der Waals surface area contributed by atoms with Gasteiger partial charge in [-0.25, -0.2) is 9.97 Å². The van der Waals surface area contributed by atoms with Crippen LogP contribution < -0.4 is 15.4 Å². The van der Waals surface area contributed by atoms with E-state index < -0.39 is 0 Å². The molecule has 1 fully saturated rings. The number of piperazine rings is 1. The third-order valence-electron chi connectivity index (χ3n) is 5.23. The minimum Gasteiger partial charge on any atom is -0.478 e. The van der Waals surface area contributed by atoms with E-state index in [2.05, 4.69) is 29.7 Å². The Balaban J connectivity index is 1.43. The quantitative estimate of drug-likeness (QED) is 0.693. The Morgan fingerprint density at radius 2 is 1.83 bits per heavy atom. The van der Waals surface area contributed by atoms with Gasteiger partial charge in [-0.15, -0.1) is 0 Å². The van der Waals surface area contributed by atoms with Crippen LogP contribution in [0.25, 0.3) is 11.1 Å². The standard InChI is InChI=1S/C20H27N7O2/c1-5-28-16-10-12(2)22-20(25-16)27-8-6-26(7-9-27)11-15-23-18(21)17-13(3)14(4)29-19(17)24-15/h10H,5-9,11H2,1-4H3,(H2,21,23,24). The highest BCUT2D eigenvalue weighted by molar-refractivity contribution is 5.88. The lowest BCUT2D eigenvalue weighted by atomic mass is 10.2. The van der Waals surface area contributed by atoms with Gasteiger partial charge in [-0.3, -0.25) is 4.90 Å². The highest BCUT2D eigenvalue weighted by Crippen LogP contribution is 2.27. The van der Waals surface area contributed by atoms with Crippen LogP contribution in [0.5, 0.6) is 5.88 Å². The summed E-state index contributed by atoms with van der Waals surface area (Å²) in [5, 5.41) is 0.817. The maximum absolute atomic E-state index is 6.16. The third-order valence-corrected chi connectivity index (χ3v) is 5.23. The predicted molar refractivity (Wildman–Crippen MR) is 111 cm³/mol. The summed E-state index contributed by atoms with van der Waals surface area (Å²) in [6.07, 6.45) is 0. The number of furan rings is 1. The number of fused-ring (bicyclic) bond motifs is 1. The molecule has 0 atom stereocenters. The average molecular weight is 397 g/mol. The topological polar surface area (TPSA) is 106 Å². The van der Waals surface area contributed by atoms with E-state index in [-0.39, 0.29) is 0 Å². The second kappa shape index (κ2) is 7.82. The van der Waals surface area contributed by atoms with E-state index in [0.29, 0.717) is 36.4 Å². The molecule has 3 aromatic rings. The molecule has 0 spiro atoms. The van der Waals surface area contributed by atoms with Crippen molar-refractivity contribution < 1.29 is 9.15 Å². The van der Waals surface area contributed by atoms with Crippen molar-refractivity contribution in [2.24, 2.45) is 0 Å². The Kier molecular flexibility index (Phi) is 5.23. The van der Waals surface area contributed by atoms with Crippen molar-refractivity contribution in [1.82, 2.24) is 24.8 Å². The maximum atomic E-state index is 6.16. The lowest BCUT2D eigenvalue weighted by Gasteiger charge is -2.34. The van der Waals surface area contributed by atoms with Crippen LogP contribution in [-0.2, 0) is 6.54 Å². The molecule has 9 nitrogen and oxygen atoms in total. The molecule has 4 heterocycles. The Morgan fingerprint density at radius 1 is 1.07 bits per heavy atom. The van der Waals surface area contributed by atoms with Gasteiger partial charge in [0.25, 0.3) is 0 Å². The van der Waals surface area contributed by atoms with Crippen LogP contribution in [0.3, 0.4) is 0 Å². The van der Waals surface area contributed by atoms with E-state index in [1.807, 2.05) is 33.8 Å². The highest BCUT2D eigenvalue weighted by atomic mass is 16.5. The number of aryl methyl sites for hydroxylation is 3. The SMILES string of the molecule is CCOc1cc(C)nc(N2CCN(Cc3nc(N)c4c(C)c(C)oc4n3)CC2)n1. The molecule has 154 valence electrons. The first kappa shape index (κ1) is 19.4. The Hall–Kier alpha value is -2.94. The van der Waals surface area contributed by atoms with Gasteiger partial charge in [0.15, 0.2) is 0 Å². The molecule has 1 aliphatic rings. The average Bonchev–Trinajstić information content (AvgIpc) is 2.96. The molecule has 1 saturated heterocycles. The van der Waals surface area contributed by atoms with E-state index in [1.54, 1.807) is 0 Å². The van der Waals surface area contributed by atoms with Crippen molar-refractivity contribution in [2.75, 3.05) is 43.4 Å². The fraction of sp³-hybridized carbons (Fsp3) is 0.500. The molecule has 9 heteroatoms. The molecule has 29 heavy (non-hydrogen) atoms. The van der Waals surface area contributed by atoms with Gasteiger partial charge in [0.2, 0.25) is 17.5 Å². The molecule has 0 radical (unpaired) electrons. The first-order chi connectivity index (χ1) is 13.9. The Bertz CT molecular complexity index is 1030. The van der Waals surface area contributed by atoms with Gasteiger partial charge >= 0.3 is 0 Å². The Labute approximate surface area is 169 Å². The van der Waals surface area contributed by atoms with Gasteiger partial charge in [0.1, 0.15) is 17.4 Å². The first-order valence-electron chi connectivity index (χ1n) is 9.92. The summed E-state index contributed by atoms with van der Waals surface area (Å²) in [6, 6.07) is 1.86. The van der Waals surface area contributed by atoms with Crippen LogP contribution in [-0.4, -0.2) is 57.6 Å². The molecule has 0 saturated carbocycles. The van der Waals surface area contributed by atoms with Gasteiger partial charge in [-0.2, -0.15) is 9.97 Å². The van der Waals surface area contributed by atoms with Crippen LogP contribution in [0.15, 0.2) is 10.5 Å². The van der Waals surface area contributed by atoms with Crippen LogP contribution in [0.1, 0.15) is 29.8 Å². The third kappa shape index (κ3) is 3.95. The summed E-state index contributed by atoms with van der Waals surface area (Å²) in [7, 11) is 0. The molecule has 2 N–H and O–H groups in total. The summed E-state index contributed by atoms with van der Waals surface area (Å²) in [4.78, 5) is 22.7. The minimum atomic E-state index is 0.481. The smallest absolute Gasteiger partial charge is 0.231 e. The molecule has 4 rings (SSSR count). The zero-order valence-corrected chi connectivity index (χ0v) is 17.4. The number of nitrogens with two attached hydrogens (primary N) is 1. The number of anilines is 2. The van der Waals surface area contributed by atoms with E-state index >= 15 is 0 Å². The molecule has 0 aromatic carbocycles. The van der Waals surface area contributed by atoms with Crippen LogP contribution in [0.4, 0.5) is 11.8 Å². The molecule has 0 amide bonds. The van der Waals surface area contributed by atoms with Crippen molar-refractivity contribution in [3.05, 3.63) is 28.9 Å². The Morgan fingerprint density at radius 3 is 2.55 bits per heavy atom. The largest absolute Gasteiger partial charge is 0.478 e. The fourth-order valence-corrected chi connectivity index (χ4v) is 3.59. The van der Waals surface area contributed by atoms with Crippen LogP contribution >= 0.6 is 0 Å². The molecular weight excluding hydrogens is 370 g/mol. The molecule has 0 aliphatic carbocycles. The number of ether oxygens (including phenoxy) is 1. The van der Waals surface area contributed by atoms with E-state index in [4.69, 9.17) is 14.9 Å². The van der Waals surface area contributed by atoms with Crippen molar-refractivity contribution in [3.8, 4) is 5.88 Å². The van der Waals surface area contributed by atoms with Gasteiger partial charge in [-0.1, -0.05) is 0 Å². The summed E-state index contributed by atoms with van der Waals surface area (Å²) in [5.74, 6) is 3.34. The number of hydrogen-bond donors (Lipinski definition) is 1. The lowest BCUT2D eigenvalue weighted by molar-refractivity contribution is 0.242. The van der Waals surface area contributed by atoms with Gasteiger partial charge in [0.05, 0.1) is 18.5 Å². The molecule has 0 bridgehead atoms. The molecular formula is C20H27N7O2. The lowest BCUT2D eigenvalue weighted by Crippen LogP contribution is -2.46. The summed E-state index contributed by atoms with van der Waals surface area (Å²) in [6.45, 7) is 12.4. The molecule has 0 unspecified atom stereocenters. The van der Waals surface area contributed by atoms with Crippen molar-refractivity contribution in [1.29, 1.82) is 0 Å². The molecule has 3 aromatic heterocycles. The van der Waals surface area contributed by atoms with Gasteiger partial charge < -0.3 is 19.8 Å². The van der Waals surface area contributed by atoms with E-state index in [9.17, 15) is 0 Å². The zero-order valence-electron chi connectivity index (χ0n) is 17.4. The second-order valence-corrected chi connectivity index (χ2v) is 7.33. The maximum Gasteiger partial charge on any atom is 0.231 e. The molecule has 1 aliphatic heterocycles. The zero-order chi connectivity index (χ0) is 20.5.